The Hall–Kier alpha value is -2.69. The van der Waals surface area contributed by atoms with E-state index in [2.05, 4.69) is 123 Å². The highest BCUT2D eigenvalue weighted by Crippen LogP contribution is 2.58. The number of benzene rings is 4. The van der Waals surface area contributed by atoms with Crippen LogP contribution >= 0.6 is 7.26 Å². The highest BCUT2D eigenvalue weighted by molar-refractivity contribution is 7.95. The molecule has 4 aromatic carbocycles. The molecule has 0 aliphatic carbocycles. The molecule has 0 aliphatic rings. The molecule has 0 fully saturated rings. The summed E-state index contributed by atoms with van der Waals surface area (Å²) in [6, 6.07) is 40.2. The van der Waals surface area contributed by atoms with Crippen molar-refractivity contribution >= 4 is 23.2 Å². The van der Waals surface area contributed by atoms with Gasteiger partial charge in [0.25, 0.3) is 0 Å². The second-order valence-corrected chi connectivity index (χ2v) is 10.9. The summed E-state index contributed by atoms with van der Waals surface area (Å²) in [5.41, 5.74) is 4.13. The molecule has 0 aliphatic heterocycles. The fraction of sp³-hybridized carbons (Fsp3) is 0.111. The molecule has 0 bridgehead atoms. The van der Waals surface area contributed by atoms with Crippen LogP contribution in [0.5, 0.6) is 0 Å². The topological polar surface area (TPSA) is 0 Å². The van der Waals surface area contributed by atoms with Crippen molar-refractivity contribution < 1.29 is 0 Å². The Labute approximate surface area is 169 Å². The first kappa shape index (κ1) is 18.7. The molecule has 0 atom stereocenters. The lowest BCUT2D eigenvalue weighted by molar-refractivity contribution is 1.28. The molecule has 4 rings (SSSR count). The third kappa shape index (κ3) is 3.53. The summed E-state index contributed by atoms with van der Waals surface area (Å²) < 4.78 is 0. The summed E-state index contributed by atoms with van der Waals surface area (Å²) in [5, 5.41) is 4.31. The van der Waals surface area contributed by atoms with E-state index in [0.29, 0.717) is 0 Å². The minimum Gasteiger partial charge on any atom is -0.0620 e. The van der Waals surface area contributed by atoms with E-state index in [-0.39, 0.29) is 0 Å². The largest absolute Gasteiger partial charge is 0.116 e. The van der Waals surface area contributed by atoms with Gasteiger partial charge in [0.2, 0.25) is 0 Å². The number of rotatable bonds is 5. The van der Waals surface area contributed by atoms with Crippen LogP contribution in [0.1, 0.15) is 16.7 Å². The molecule has 4 aromatic rings. The van der Waals surface area contributed by atoms with Gasteiger partial charge in [0.05, 0.1) is 6.16 Å². The molecule has 28 heavy (non-hydrogen) atoms. The average molecular weight is 381 g/mol. The molecule has 138 valence electrons. The van der Waals surface area contributed by atoms with Gasteiger partial charge in [-0.25, -0.2) is 0 Å². The number of hydrogen-bond donors (Lipinski definition) is 0. The highest BCUT2D eigenvalue weighted by atomic mass is 31.2. The van der Waals surface area contributed by atoms with Gasteiger partial charge in [0.1, 0.15) is 23.2 Å². The molecule has 0 saturated carbocycles. The minimum atomic E-state index is -1.81. The maximum atomic E-state index is 2.37. The molecule has 0 aromatic heterocycles. The monoisotopic (exact) mass is 381 g/mol. The Morgan fingerprint density at radius 2 is 0.929 bits per heavy atom. The molecule has 0 saturated heterocycles. The molecular weight excluding hydrogens is 355 g/mol. The van der Waals surface area contributed by atoms with Gasteiger partial charge >= 0.3 is 0 Å². The number of aryl methyl sites for hydroxylation is 2. The summed E-state index contributed by atoms with van der Waals surface area (Å²) >= 11 is 0. The van der Waals surface area contributed by atoms with Crippen LogP contribution in [0, 0.1) is 13.8 Å². The lowest BCUT2D eigenvalue weighted by atomic mass is 10.1. The Morgan fingerprint density at radius 3 is 1.32 bits per heavy atom. The van der Waals surface area contributed by atoms with E-state index in [1.54, 1.807) is 0 Å². The van der Waals surface area contributed by atoms with Gasteiger partial charge in [0, 0.05) is 0 Å². The Bertz CT molecular complexity index is 941. The predicted molar refractivity (Wildman–Crippen MR) is 125 cm³/mol. The standard InChI is InChI=1S/C27H26P/c1-22-18-19-24(20-23(22)2)21-28(25-12-6-3-7-13-25,26-14-8-4-9-15-26)27-16-10-5-11-17-27/h3-20H,21H2,1-2H3/q+1. The van der Waals surface area contributed by atoms with Crippen LogP contribution in [0.15, 0.2) is 109 Å². The van der Waals surface area contributed by atoms with Crippen LogP contribution in [-0.4, -0.2) is 0 Å². The molecule has 0 unspecified atom stereocenters. The fourth-order valence-corrected chi connectivity index (χ4v) is 8.17. The third-order valence-electron chi connectivity index (χ3n) is 5.58. The van der Waals surface area contributed by atoms with Crippen LogP contribution in [0.25, 0.3) is 0 Å². The maximum Gasteiger partial charge on any atom is 0.116 e. The van der Waals surface area contributed by atoms with Crippen molar-refractivity contribution in [1.82, 2.24) is 0 Å². The smallest absolute Gasteiger partial charge is 0.0620 e. The van der Waals surface area contributed by atoms with E-state index in [1.807, 2.05) is 0 Å². The van der Waals surface area contributed by atoms with Gasteiger partial charge in [-0.1, -0.05) is 72.8 Å². The lowest BCUT2D eigenvalue weighted by Gasteiger charge is -2.28. The quantitative estimate of drug-likeness (QED) is 0.383. The molecule has 0 nitrogen and oxygen atoms in total. The molecule has 0 amide bonds. The molecule has 0 spiro atoms. The predicted octanol–water partition coefficient (Wildman–Crippen LogP) is 5.80. The fourth-order valence-electron chi connectivity index (χ4n) is 3.94. The first-order valence-corrected chi connectivity index (χ1v) is 11.8. The van der Waals surface area contributed by atoms with E-state index >= 15 is 0 Å². The van der Waals surface area contributed by atoms with Crippen molar-refractivity contribution in [1.29, 1.82) is 0 Å². The zero-order valence-corrected chi connectivity index (χ0v) is 17.4. The van der Waals surface area contributed by atoms with E-state index < -0.39 is 7.26 Å². The van der Waals surface area contributed by atoms with Crippen LogP contribution in [0.3, 0.4) is 0 Å². The van der Waals surface area contributed by atoms with Gasteiger partial charge in [-0.2, -0.15) is 0 Å². The van der Waals surface area contributed by atoms with Gasteiger partial charge in [0.15, 0.2) is 0 Å². The molecule has 0 radical (unpaired) electrons. The van der Waals surface area contributed by atoms with Crippen molar-refractivity contribution in [2.45, 2.75) is 20.0 Å². The van der Waals surface area contributed by atoms with Crippen LogP contribution in [-0.2, 0) is 6.16 Å². The summed E-state index contributed by atoms with van der Waals surface area (Å²) in [7, 11) is -1.81. The summed E-state index contributed by atoms with van der Waals surface area (Å²) in [4.78, 5) is 0. The first-order valence-electron chi connectivity index (χ1n) is 9.81. The Morgan fingerprint density at radius 1 is 0.500 bits per heavy atom. The van der Waals surface area contributed by atoms with E-state index in [9.17, 15) is 0 Å². The normalized spacial score (nSPS) is 11.4. The van der Waals surface area contributed by atoms with Crippen molar-refractivity contribution in [2.75, 3.05) is 0 Å². The Kier molecular flexibility index (Phi) is 5.42. The Balaban J connectivity index is 1.99. The first-order chi connectivity index (χ1) is 13.7. The van der Waals surface area contributed by atoms with Gasteiger partial charge in [-0.3, -0.25) is 0 Å². The third-order valence-corrected chi connectivity index (χ3v) is 9.96. The second kappa shape index (κ2) is 8.13. The molecule has 1 heteroatoms. The van der Waals surface area contributed by atoms with E-state index in [0.717, 1.165) is 6.16 Å². The van der Waals surface area contributed by atoms with Gasteiger partial charge in [-0.05, 0) is 66.9 Å². The van der Waals surface area contributed by atoms with Gasteiger partial charge < -0.3 is 0 Å². The minimum absolute atomic E-state index is 1.03. The highest BCUT2D eigenvalue weighted by Gasteiger charge is 2.45. The second-order valence-electron chi connectivity index (χ2n) is 7.39. The van der Waals surface area contributed by atoms with Crippen molar-refractivity contribution in [3.63, 3.8) is 0 Å². The van der Waals surface area contributed by atoms with Crippen molar-refractivity contribution in [3.8, 4) is 0 Å². The zero-order valence-electron chi connectivity index (χ0n) is 16.5. The molecule has 0 N–H and O–H groups in total. The maximum absolute atomic E-state index is 2.37. The zero-order chi connectivity index (χ0) is 19.4. The van der Waals surface area contributed by atoms with Crippen LogP contribution in [0.4, 0.5) is 0 Å². The van der Waals surface area contributed by atoms with Crippen LogP contribution in [0.2, 0.25) is 0 Å². The van der Waals surface area contributed by atoms with Crippen LogP contribution < -0.4 is 15.9 Å². The van der Waals surface area contributed by atoms with Crippen molar-refractivity contribution in [3.05, 3.63) is 126 Å². The van der Waals surface area contributed by atoms with E-state index in [4.69, 9.17) is 0 Å². The summed E-state index contributed by atoms with van der Waals surface area (Å²) in [5.74, 6) is 0. The number of hydrogen-bond acceptors (Lipinski definition) is 0. The summed E-state index contributed by atoms with van der Waals surface area (Å²) in [6.07, 6.45) is 1.03. The van der Waals surface area contributed by atoms with E-state index in [1.165, 1.54) is 32.6 Å². The lowest BCUT2D eigenvalue weighted by Crippen LogP contribution is -2.32. The average Bonchev–Trinajstić information content (AvgIpc) is 2.76. The molecular formula is C27H26P+. The summed E-state index contributed by atoms with van der Waals surface area (Å²) in [6.45, 7) is 4.40. The van der Waals surface area contributed by atoms with Crippen molar-refractivity contribution in [2.24, 2.45) is 0 Å². The van der Waals surface area contributed by atoms with Gasteiger partial charge in [-0.15, -0.1) is 0 Å². The SMILES string of the molecule is Cc1ccc(C[P+](c2ccccc2)(c2ccccc2)c2ccccc2)cc1C. The molecule has 0 heterocycles.